The van der Waals surface area contributed by atoms with Gasteiger partial charge < -0.3 is 10.2 Å². The minimum Gasteiger partial charge on any atom is -0.357 e. The van der Waals surface area contributed by atoms with Gasteiger partial charge in [-0.3, -0.25) is 13.9 Å². The van der Waals surface area contributed by atoms with Gasteiger partial charge in [-0.15, -0.1) is 0 Å². The van der Waals surface area contributed by atoms with Crippen molar-refractivity contribution in [3.8, 4) is 0 Å². The Morgan fingerprint density at radius 3 is 2.14 bits per heavy atom. The van der Waals surface area contributed by atoms with Crippen LogP contribution in [0, 0.1) is 6.92 Å². The average molecular weight is 563 g/mol. The Morgan fingerprint density at radius 2 is 1.57 bits per heavy atom. The smallest absolute Gasteiger partial charge is 0.264 e. The maximum Gasteiger partial charge on any atom is 0.264 e. The zero-order chi connectivity index (χ0) is 27.2. The van der Waals surface area contributed by atoms with Crippen LogP contribution in [-0.4, -0.2) is 44.8 Å². The Balaban J connectivity index is 2.06. The highest BCUT2D eigenvalue weighted by molar-refractivity contribution is 7.92. The van der Waals surface area contributed by atoms with Crippen LogP contribution in [0.25, 0.3) is 0 Å². The van der Waals surface area contributed by atoms with Gasteiger partial charge in [0.05, 0.1) is 10.6 Å². The van der Waals surface area contributed by atoms with Crippen LogP contribution >= 0.6 is 23.2 Å². The van der Waals surface area contributed by atoms with E-state index in [9.17, 15) is 18.0 Å². The van der Waals surface area contributed by atoms with Gasteiger partial charge in [0.2, 0.25) is 11.8 Å². The van der Waals surface area contributed by atoms with E-state index >= 15 is 0 Å². The van der Waals surface area contributed by atoms with Gasteiger partial charge in [0, 0.05) is 23.6 Å². The number of carbonyl (C=O) groups excluding carboxylic acids is 2. The standard InChI is InChI=1S/C27H29Cl2N3O4S/c1-4-25(27(34)30-3)31(17-20-7-5-6-8-24(20)29)26(33)18-32(22-13-9-19(2)10-14-22)37(35,36)23-15-11-21(28)12-16-23/h5-16,25H,4,17-18H2,1-3H3,(H,30,34)/t25-/m0/s1. The second-order valence-electron chi connectivity index (χ2n) is 8.45. The number of hydrogen-bond acceptors (Lipinski definition) is 4. The Kier molecular flexibility index (Phi) is 9.59. The van der Waals surface area contributed by atoms with Gasteiger partial charge in [0.25, 0.3) is 10.0 Å². The third-order valence-corrected chi connectivity index (χ3v) is 8.34. The summed E-state index contributed by atoms with van der Waals surface area (Å²) in [5, 5.41) is 3.42. The predicted octanol–water partition coefficient (Wildman–Crippen LogP) is 5.05. The zero-order valence-electron chi connectivity index (χ0n) is 20.8. The van der Waals surface area contributed by atoms with Crippen LogP contribution in [0.5, 0.6) is 0 Å². The van der Waals surface area contributed by atoms with Gasteiger partial charge in [-0.05, 0) is 61.4 Å². The molecule has 196 valence electrons. The van der Waals surface area contributed by atoms with Crippen molar-refractivity contribution in [2.24, 2.45) is 0 Å². The number of aryl methyl sites for hydroxylation is 1. The molecule has 0 aromatic heterocycles. The Hall–Kier alpha value is -3.07. The van der Waals surface area contributed by atoms with Crippen molar-refractivity contribution in [3.05, 3.63) is 94.0 Å². The molecule has 0 aliphatic rings. The molecule has 10 heteroatoms. The summed E-state index contributed by atoms with van der Waals surface area (Å²) in [5.41, 5.74) is 1.90. The highest BCUT2D eigenvalue weighted by Gasteiger charge is 2.33. The molecule has 0 heterocycles. The fourth-order valence-electron chi connectivity index (χ4n) is 3.87. The predicted molar refractivity (Wildman–Crippen MR) is 147 cm³/mol. The van der Waals surface area contributed by atoms with Crippen molar-refractivity contribution in [2.75, 3.05) is 17.9 Å². The van der Waals surface area contributed by atoms with Crippen LogP contribution in [0.2, 0.25) is 10.0 Å². The van der Waals surface area contributed by atoms with E-state index in [1.165, 1.54) is 36.2 Å². The maximum absolute atomic E-state index is 13.8. The first kappa shape index (κ1) is 28.5. The first-order valence-corrected chi connectivity index (χ1v) is 13.9. The fourth-order valence-corrected chi connectivity index (χ4v) is 5.61. The number of halogens is 2. The van der Waals surface area contributed by atoms with Crippen LogP contribution in [0.1, 0.15) is 24.5 Å². The number of carbonyl (C=O) groups is 2. The molecule has 7 nitrogen and oxygen atoms in total. The SMILES string of the molecule is CC[C@@H](C(=O)NC)N(Cc1ccccc1Cl)C(=O)CN(c1ccc(C)cc1)S(=O)(=O)c1ccc(Cl)cc1. The summed E-state index contributed by atoms with van der Waals surface area (Å²) in [5.74, 6) is -0.904. The van der Waals surface area contributed by atoms with Gasteiger partial charge in [-0.1, -0.05) is 66.0 Å². The molecule has 0 unspecified atom stereocenters. The van der Waals surface area contributed by atoms with Crippen LogP contribution in [-0.2, 0) is 26.2 Å². The second kappa shape index (κ2) is 12.4. The number of benzene rings is 3. The van der Waals surface area contributed by atoms with Gasteiger partial charge in [-0.2, -0.15) is 0 Å². The first-order valence-electron chi connectivity index (χ1n) is 11.7. The molecule has 1 N–H and O–H groups in total. The number of sulfonamides is 1. The van der Waals surface area contributed by atoms with Crippen LogP contribution in [0.4, 0.5) is 5.69 Å². The molecule has 3 aromatic rings. The average Bonchev–Trinajstić information content (AvgIpc) is 2.88. The topological polar surface area (TPSA) is 86.8 Å². The van der Waals surface area contributed by atoms with E-state index in [1.807, 2.05) is 6.92 Å². The van der Waals surface area contributed by atoms with Gasteiger partial charge in [0.15, 0.2) is 0 Å². The second-order valence-corrected chi connectivity index (χ2v) is 11.2. The van der Waals surface area contributed by atoms with Crippen LogP contribution < -0.4 is 9.62 Å². The number of likely N-dealkylation sites (N-methyl/N-ethyl adjacent to an activating group) is 1. The molecule has 0 spiro atoms. The molecular weight excluding hydrogens is 533 g/mol. The third-order valence-electron chi connectivity index (χ3n) is 5.93. The van der Waals surface area contributed by atoms with E-state index in [2.05, 4.69) is 5.32 Å². The molecule has 0 bridgehead atoms. The minimum atomic E-state index is -4.15. The molecule has 0 saturated heterocycles. The van der Waals surface area contributed by atoms with E-state index < -0.39 is 28.5 Å². The first-order chi connectivity index (χ1) is 17.6. The summed E-state index contributed by atoms with van der Waals surface area (Å²) < 4.78 is 28.5. The van der Waals surface area contributed by atoms with Gasteiger partial charge in [-0.25, -0.2) is 8.42 Å². The third kappa shape index (κ3) is 6.83. The van der Waals surface area contributed by atoms with Crippen molar-refractivity contribution in [3.63, 3.8) is 0 Å². The molecule has 37 heavy (non-hydrogen) atoms. The Bertz CT molecular complexity index is 1350. The quantitative estimate of drug-likeness (QED) is 0.375. The number of nitrogens with zero attached hydrogens (tertiary/aromatic N) is 2. The molecule has 3 aromatic carbocycles. The molecule has 0 radical (unpaired) electrons. The molecule has 0 saturated carbocycles. The minimum absolute atomic E-state index is 0.0127. The lowest BCUT2D eigenvalue weighted by Gasteiger charge is -2.33. The van der Waals surface area contributed by atoms with E-state index in [-0.39, 0.29) is 17.3 Å². The summed E-state index contributed by atoms with van der Waals surface area (Å²) in [6.07, 6.45) is 0.324. The normalized spacial score (nSPS) is 12.0. The lowest BCUT2D eigenvalue weighted by Crippen LogP contribution is -2.51. The van der Waals surface area contributed by atoms with Crippen molar-refractivity contribution in [1.82, 2.24) is 10.2 Å². The molecule has 1 atom stereocenters. The van der Waals surface area contributed by atoms with E-state index in [0.717, 1.165) is 9.87 Å². The van der Waals surface area contributed by atoms with Crippen molar-refractivity contribution in [2.45, 2.75) is 37.8 Å². The number of anilines is 1. The summed E-state index contributed by atoms with van der Waals surface area (Å²) in [6.45, 7) is 3.18. The Morgan fingerprint density at radius 1 is 0.946 bits per heavy atom. The molecule has 3 rings (SSSR count). The van der Waals surface area contributed by atoms with Crippen LogP contribution in [0.3, 0.4) is 0 Å². The lowest BCUT2D eigenvalue weighted by molar-refractivity contribution is -0.140. The van der Waals surface area contributed by atoms with Gasteiger partial charge in [0.1, 0.15) is 12.6 Å². The lowest BCUT2D eigenvalue weighted by atomic mass is 10.1. The fraction of sp³-hybridized carbons (Fsp3) is 0.259. The summed E-state index contributed by atoms with van der Waals surface area (Å²) >= 11 is 12.3. The molecule has 0 aliphatic carbocycles. The largest absolute Gasteiger partial charge is 0.357 e. The summed E-state index contributed by atoms with van der Waals surface area (Å²) in [7, 11) is -2.66. The monoisotopic (exact) mass is 561 g/mol. The summed E-state index contributed by atoms with van der Waals surface area (Å²) in [4.78, 5) is 27.9. The highest BCUT2D eigenvalue weighted by Crippen LogP contribution is 2.26. The van der Waals surface area contributed by atoms with E-state index in [0.29, 0.717) is 27.7 Å². The highest BCUT2D eigenvalue weighted by atomic mass is 35.5. The summed E-state index contributed by atoms with van der Waals surface area (Å²) in [6, 6.07) is 18.8. The number of nitrogens with one attached hydrogen (secondary N) is 1. The van der Waals surface area contributed by atoms with Crippen molar-refractivity contribution in [1.29, 1.82) is 0 Å². The number of rotatable bonds is 10. The van der Waals surface area contributed by atoms with Crippen LogP contribution in [0.15, 0.2) is 77.7 Å². The molecule has 0 fully saturated rings. The zero-order valence-corrected chi connectivity index (χ0v) is 23.1. The van der Waals surface area contributed by atoms with Crippen molar-refractivity contribution < 1.29 is 18.0 Å². The van der Waals surface area contributed by atoms with E-state index in [1.54, 1.807) is 55.5 Å². The maximum atomic E-state index is 13.8. The number of hydrogen-bond donors (Lipinski definition) is 1. The van der Waals surface area contributed by atoms with Gasteiger partial charge >= 0.3 is 0 Å². The Labute approximate surface area is 228 Å². The molecule has 0 aliphatic heterocycles. The van der Waals surface area contributed by atoms with Crippen molar-refractivity contribution >= 4 is 50.7 Å². The van der Waals surface area contributed by atoms with E-state index in [4.69, 9.17) is 23.2 Å². The molecule has 2 amide bonds. The number of amides is 2. The molecular formula is C27H29Cl2N3O4S.